The molecule has 0 aliphatic heterocycles. The lowest BCUT2D eigenvalue weighted by Crippen LogP contribution is -2.11. The fraction of sp³-hybridized carbons (Fsp3) is 0.400. The number of methoxy groups -OCH3 is 2. The summed E-state index contributed by atoms with van der Waals surface area (Å²) in [6, 6.07) is 5.22. The van der Waals surface area contributed by atoms with Crippen molar-refractivity contribution >= 4 is 0 Å². The van der Waals surface area contributed by atoms with Gasteiger partial charge in [0, 0.05) is 12.6 Å². The van der Waals surface area contributed by atoms with Gasteiger partial charge < -0.3 is 20.3 Å². The molecule has 0 aliphatic rings. The van der Waals surface area contributed by atoms with Crippen molar-refractivity contribution in [1.29, 1.82) is 0 Å². The van der Waals surface area contributed by atoms with Gasteiger partial charge in [0.15, 0.2) is 0 Å². The Morgan fingerprint density at radius 2 is 1.71 bits per heavy atom. The summed E-state index contributed by atoms with van der Waals surface area (Å²) in [5, 5.41) is 9.53. The van der Waals surface area contributed by atoms with Gasteiger partial charge >= 0.3 is 0 Å². The van der Waals surface area contributed by atoms with E-state index in [-0.39, 0.29) is 6.54 Å². The highest BCUT2D eigenvalue weighted by atomic mass is 16.5. The summed E-state index contributed by atoms with van der Waals surface area (Å²) >= 11 is 0. The second-order valence-corrected chi connectivity index (χ2v) is 2.90. The summed E-state index contributed by atoms with van der Waals surface area (Å²) in [6.07, 6.45) is -0.681. The standard InChI is InChI=1S/C10H15NO3/c1-13-8-3-7(10(12)6-11)4-9(5-8)14-2/h3-5,10,12H,6,11H2,1-2H3. The maximum Gasteiger partial charge on any atom is 0.122 e. The van der Waals surface area contributed by atoms with E-state index in [1.54, 1.807) is 32.4 Å². The van der Waals surface area contributed by atoms with Crippen molar-refractivity contribution in [2.75, 3.05) is 20.8 Å². The Balaban J connectivity index is 3.04. The Kier molecular flexibility index (Phi) is 3.73. The second kappa shape index (κ2) is 4.83. The van der Waals surface area contributed by atoms with Crippen molar-refractivity contribution < 1.29 is 14.6 Å². The Labute approximate surface area is 83.3 Å². The molecule has 4 heteroatoms. The lowest BCUT2D eigenvalue weighted by atomic mass is 10.1. The molecule has 78 valence electrons. The van der Waals surface area contributed by atoms with Gasteiger partial charge in [-0.1, -0.05) is 0 Å². The van der Waals surface area contributed by atoms with E-state index in [0.29, 0.717) is 17.1 Å². The molecule has 0 bridgehead atoms. The molecule has 1 rings (SSSR count). The molecule has 4 nitrogen and oxygen atoms in total. The van der Waals surface area contributed by atoms with Crippen LogP contribution in [0.4, 0.5) is 0 Å². The maximum atomic E-state index is 9.53. The van der Waals surface area contributed by atoms with Crippen LogP contribution in [0.1, 0.15) is 11.7 Å². The third-order valence-electron chi connectivity index (χ3n) is 1.98. The molecule has 0 saturated carbocycles. The summed E-state index contributed by atoms with van der Waals surface area (Å²) in [7, 11) is 3.13. The smallest absolute Gasteiger partial charge is 0.122 e. The zero-order valence-electron chi connectivity index (χ0n) is 8.36. The first-order valence-corrected chi connectivity index (χ1v) is 4.32. The van der Waals surface area contributed by atoms with E-state index in [0.717, 1.165) is 0 Å². The van der Waals surface area contributed by atoms with Crippen LogP contribution in [-0.4, -0.2) is 25.9 Å². The Morgan fingerprint density at radius 1 is 1.21 bits per heavy atom. The second-order valence-electron chi connectivity index (χ2n) is 2.90. The van der Waals surface area contributed by atoms with Crippen LogP contribution in [0.15, 0.2) is 18.2 Å². The molecular formula is C10H15NO3. The predicted molar refractivity (Wildman–Crippen MR) is 53.6 cm³/mol. The molecule has 1 atom stereocenters. The average molecular weight is 197 g/mol. The van der Waals surface area contributed by atoms with Gasteiger partial charge in [-0.15, -0.1) is 0 Å². The van der Waals surface area contributed by atoms with E-state index < -0.39 is 6.10 Å². The largest absolute Gasteiger partial charge is 0.497 e. The van der Waals surface area contributed by atoms with Crippen molar-refractivity contribution in [3.8, 4) is 11.5 Å². The van der Waals surface area contributed by atoms with Crippen molar-refractivity contribution in [3.05, 3.63) is 23.8 Å². The molecule has 0 aromatic heterocycles. The Morgan fingerprint density at radius 3 is 2.07 bits per heavy atom. The average Bonchev–Trinajstić information content (AvgIpc) is 2.27. The van der Waals surface area contributed by atoms with E-state index in [9.17, 15) is 5.11 Å². The van der Waals surface area contributed by atoms with Crippen molar-refractivity contribution in [1.82, 2.24) is 0 Å². The SMILES string of the molecule is COc1cc(OC)cc(C(O)CN)c1. The molecule has 1 aromatic carbocycles. The molecule has 0 amide bonds. The molecule has 1 unspecified atom stereocenters. The third kappa shape index (κ3) is 2.37. The molecule has 0 fully saturated rings. The highest BCUT2D eigenvalue weighted by Gasteiger charge is 2.08. The van der Waals surface area contributed by atoms with Crippen LogP contribution < -0.4 is 15.2 Å². The van der Waals surface area contributed by atoms with Gasteiger partial charge in [0.05, 0.1) is 20.3 Å². The first-order chi connectivity index (χ1) is 6.71. The van der Waals surface area contributed by atoms with Gasteiger partial charge in [-0.25, -0.2) is 0 Å². The van der Waals surface area contributed by atoms with E-state index in [1.165, 1.54) is 0 Å². The van der Waals surface area contributed by atoms with Gasteiger partial charge in [0.1, 0.15) is 11.5 Å². The van der Waals surface area contributed by atoms with Crippen LogP contribution in [0.2, 0.25) is 0 Å². The number of aliphatic hydroxyl groups excluding tert-OH is 1. The van der Waals surface area contributed by atoms with Crippen LogP contribution in [0.25, 0.3) is 0 Å². The topological polar surface area (TPSA) is 64.7 Å². The summed E-state index contributed by atoms with van der Waals surface area (Å²) in [5.74, 6) is 1.29. The molecule has 0 heterocycles. The zero-order chi connectivity index (χ0) is 10.6. The third-order valence-corrected chi connectivity index (χ3v) is 1.98. The number of hydrogen-bond donors (Lipinski definition) is 2. The number of ether oxygens (including phenoxy) is 2. The molecule has 0 spiro atoms. The lowest BCUT2D eigenvalue weighted by Gasteiger charge is -2.11. The Hall–Kier alpha value is -1.26. The first kappa shape index (κ1) is 10.8. The number of aliphatic hydroxyl groups is 1. The first-order valence-electron chi connectivity index (χ1n) is 4.32. The van der Waals surface area contributed by atoms with Crippen LogP contribution in [0, 0.1) is 0 Å². The molecule has 0 aliphatic carbocycles. The fourth-order valence-corrected chi connectivity index (χ4v) is 1.16. The minimum absolute atomic E-state index is 0.177. The normalized spacial score (nSPS) is 12.3. The summed E-state index contributed by atoms with van der Waals surface area (Å²) in [5.41, 5.74) is 6.05. The number of rotatable bonds is 4. The van der Waals surface area contributed by atoms with E-state index in [1.807, 2.05) is 0 Å². The molecule has 0 saturated heterocycles. The quantitative estimate of drug-likeness (QED) is 0.745. The van der Waals surface area contributed by atoms with Crippen LogP contribution in [-0.2, 0) is 0 Å². The lowest BCUT2D eigenvalue weighted by molar-refractivity contribution is 0.186. The van der Waals surface area contributed by atoms with Crippen LogP contribution in [0.3, 0.4) is 0 Å². The van der Waals surface area contributed by atoms with Gasteiger partial charge in [-0.3, -0.25) is 0 Å². The summed E-state index contributed by atoms with van der Waals surface area (Å²) < 4.78 is 10.1. The van der Waals surface area contributed by atoms with E-state index in [2.05, 4.69) is 0 Å². The van der Waals surface area contributed by atoms with Crippen molar-refractivity contribution in [2.24, 2.45) is 5.73 Å². The van der Waals surface area contributed by atoms with Crippen molar-refractivity contribution in [2.45, 2.75) is 6.10 Å². The zero-order valence-corrected chi connectivity index (χ0v) is 8.36. The predicted octanol–water partition coefficient (Wildman–Crippen LogP) is 0.696. The molecule has 3 N–H and O–H groups in total. The number of benzene rings is 1. The van der Waals surface area contributed by atoms with E-state index >= 15 is 0 Å². The van der Waals surface area contributed by atoms with Gasteiger partial charge in [-0.05, 0) is 17.7 Å². The molecular weight excluding hydrogens is 182 g/mol. The summed E-state index contributed by atoms with van der Waals surface area (Å²) in [6.45, 7) is 0.177. The molecule has 1 aromatic rings. The van der Waals surface area contributed by atoms with Gasteiger partial charge in [-0.2, -0.15) is 0 Å². The van der Waals surface area contributed by atoms with Crippen LogP contribution in [0.5, 0.6) is 11.5 Å². The number of hydrogen-bond acceptors (Lipinski definition) is 4. The maximum absolute atomic E-state index is 9.53. The highest BCUT2D eigenvalue weighted by Crippen LogP contribution is 2.25. The highest BCUT2D eigenvalue weighted by molar-refractivity contribution is 5.39. The molecule has 14 heavy (non-hydrogen) atoms. The fourth-order valence-electron chi connectivity index (χ4n) is 1.16. The van der Waals surface area contributed by atoms with Crippen LogP contribution >= 0.6 is 0 Å². The summed E-state index contributed by atoms with van der Waals surface area (Å²) in [4.78, 5) is 0. The van der Waals surface area contributed by atoms with Gasteiger partial charge in [0.2, 0.25) is 0 Å². The Bertz CT molecular complexity index is 279. The monoisotopic (exact) mass is 197 g/mol. The number of nitrogens with two attached hydrogens (primary N) is 1. The van der Waals surface area contributed by atoms with Crippen molar-refractivity contribution in [3.63, 3.8) is 0 Å². The minimum atomic E-state index is -0.681. The minimum Gasteiger partial charge on any atom is -0.497 e. The molecule has 0 radical (unpaired) electrons. The van der Waals surface area contributed by atoms with E-state index in [4.69, 9.17) is 15.2 Å². The van der Waals surface area contributed by atoms with Gasteiger partial charge in [0.25, 0.3) is 0 Å².